The number of nitrogen functional groups attached to an aromatic ring is 1. The third kappa shape index (κ3) is 4.93. The third-order valence-corrected chi connectivity index (χ3v) is 2.62. The van der Waals surface area contributed by atoms with E-state index in [1.807, 2.05) is 13.0 Å². The Labute approximate surface area is 115 Å². The van der Waals surface area contributed by atoms with Gasteiger partial charge in [0.05, 0.1) is 24.4 Å². The number of carbonyl (C=O) groups is 1. The molecule has 0 aliphatic carbocycles. The number of halogens is 2. The maximum Gasteiger partial charge on any atom is 0.226 e. The number of ether oxygens (including phenoxy) is 1. The molecule has 96 valence electrons. The lowest BCUT2D eigenvalue weighted by Crippen LogP contribution is -2.15. The highest BCUT2D eigenvalue weighted by atomic mass is 79.9. The first-order chi connectivity index (χ1) is 7.54. The van der Waals surface area contributed by atoms with Crippen LogP contribution in [-0.4, -0.2) is 19.6 Å². The molecule has 0 unspecified atom stereocenters. The molecule has 0 aromatic heterocycles. The summed E-state index contributed by atoms with van der Waals surface area (Å²) in [5, 5.41) is 2.75. The Morgan fingerprint density at radius 2 is 2.18 bits per heavy atom. The number of nitrogens with two attached hydrogens (primary N) is 1. The first-order valence-corrected chi connectivity index (χ1v) is 5.68. The zero-order valence-corrected chi connectivity index (χ0v) is 12.2. The van der Waals surface area contributed by atoms with Crippen LogP contribution < -0.4 is 11.1 Å². The van der Waals surface area contributed by atoms with E-state index in [-0.39, 0.29) is 18.3 Å². The molecule has 0 saturated heterocycles. The van der Waals surface area contributed by atoms with Gasteiger partial charge in [-0.3, -0.25) is 4.79 Å². The van der Waals surface area contributed by atoms with Crippen LogP contribution in [0.15, 0.2) is 16.6 Å². The predicted octanol–water partition coefficient (Wildman–Crippen LogP) is 2.74. The van der Waals surface area contributed by atoms with Gasteiger partial charge in [0.1, 0.15) is 0 Å². The largest absolute Gasteiger partial charge is 0.397 e. The number of methoxy groups -OCH3 is 1. The second-order valence-corrected chi connectivity index (χ2v) is 4.39. The van der Waals surface area contributed by atoms with Crippen molar-refractivity contribution in [1.82, 2.24) is 0 Å². The molecule has 6 heteroatoms. The number of benzene rings is 1. The van der Waals surface area contributed by atoms with Crippen molar-refractivity contribution in [3.8, 4) is 0 Å². The summed E-state index contributed by atoms with van der Waals surface area (Å²) in [6.07, 6.45) is 0.321. The van der Waals surface area contributed by atoms with E-state index in [1.54, 1.807) is 13.2 Å². The second kappa shape index (κ2) is 7.53. The summed E-state index contributed by atoms with van der Waals surface area (Å²) in [4.78, 5) is 11.5. The van der Waals surface area contributed by atoms with E-state index in [9.17, 15) is 4.79 Å². The van der Waals surface area contributed by atoms with Crippen molar-refractivity contribution >= 4 is 45.6 Å². The van der Waals surface area contributed by atoms with E-state index in [1.165, 1.54) is 0 Å². The van der Waals surface area contributed by atoms with E-state index in [0.29, 0.717) is 24.4 Å². The molecule has 0 fully saturated rings. The lowest BCUT2D eigenvalue weighted by molar-refractivity contribution is -0.117. The summed E-state index contributed by atoms with van der Waals surface area (Å²) >= 11 is 3.36. The number of amides is 1. The van der Waals surface area contributed by atoms with Gasteiger partial charge < -0.3 is 15.8 Å². The Morgan fingerprint density at radius 3 is 2.76 bits per heavy atom. The number of hydrogen-bond acceptors (Lipinski definition) is 3. The van der Waals surface area contributed by atoms with Gasteiger partial charge in [0, 0.05) is 11.6 Å². The number of rotatable bonds is 4. The summed E-state index contributed by atoms with van der Waals surface area (Å²) < 4.78 is 5.72. The molecule has 0 heterocycles. The molecule has 1 aromatic rings. The highest BCUT2D eigenvalue weighted by Crippen LogP contribution is 2.27. The Hall–Kier alpha value is -0.780. The molecule has 0 saturated carbocycles. The van der Waals surface area contributed by atoms with Gasteiger partial charge in [-0.15, -0.1) is 12.4 Å². The molecule has 0 bridgehead atoms. The maximum absolute atomic E-state index is 11.5. The van der Waals surface area contributed by atoms with Gasteiger partial charge in [0.2, 0.25) is 5.91 Å². The van der Waals surface area contributed by atoms with Crippen molar-refractivity contribution in [3.05, 3.63) is 22.2 Å². The van der Waals surface area contributed by atoms with E-state index in [4.69, 9.17) is 10.5 Å². The molecule has 0 radical (unpaired) electrons. The Morgan fingerprint density at radius 1 is 1.53 bits per heavy atom. The molecular weight excluding hydrogens is 307 g/mol. The first-order valence-electron chi connectivity index (χ1n) is 4.89. The monoisotopic (exact) mass is 322 g/mol. The lowest BCUT2D eigenvalue weighted by atomic mass is 10.1. The Bertz CT molecular complexity index is 399. The van der Waals surface area contributed by atoms with Crippen LogP contribution in [0.5, 0.6) is 0 Å². The number of hydrogen-bond donors (Lipinski definition) is 2. The zero-order valence-electron chi connectivity index (χ0n) is 9.75. The van der Waals surface area contributed by atoms with Crippen molar-refractivity contribution in [2.45, 2.75) is 13.3 Å². The van der Waals surface area contributed by atoms with Crippen LogP contribution >= 0.6 is 28.3 Å². The average Bonchev–Trinajstić information content (AvgIpc) is 2.22. The van der Waals surface area contributed by atoms with Gasteiger partial charge in [-0.1, -0.05) is 15.9 Å². The summed E-state index contributed by atoms with van der Waals surface area (Å²) in [6, 6.07) is 3.69. The summed E-state index contributed by atoms with van der Waals surface area (Å²) in [5.41, 5.74) is 8.01. The molecule has 3 N–H and O–H groups in total. The van der Waals surface area contributed by atoms with Gasteiger partial charge in [-0.05, 0) is 24.6 Å². The van der Waals surface area contributed by atoms with Crippen LogP contribution in [0.3, 0.4) is 0 Å². The minimum Gasteiger partial charge on any atom is -0.397 e. The normalized spacial score (nSPS) is 9.59. The molecular formula is C11H16BrClN2O2. The standard InChI is InChI=1S/C11H15BrN2O2.ClH/c1-7-5-8(12)6-9(11(7)13)14-10(15)3-4-16-2;/h5-6H,3-4,13H2,1-2H3,(H,14,15);1H. The lowest BCUT2D eigenvalue weighted by Gasteiger charge is -2.10. The molecule has 0 aliphatic heterocycles. The van der Waals surface area contributed by atoms with Crippen LogP contribution in [0.2, 0.25) is 0 Å². The number of anilines is 2. The van der Waals surface area contributed by atoms with E-state index >= 15 is 0 Å². The van der Waals surface area contributed by atoms with Gasteiger partial charge in [0.15, 0.2) is 0 Å². The molecule has 0 spiro atoms. The first kappa shape index (κ1) is 16.2. The minimum atomic E-state index is -0.106. The third-order valence-electron chi connectivity index (χ3n) is 2.16. The molecule has 4 nitrogen and oxygen atoms in total. The Kier molecular flexibility index (Phi) is 7.18. The van der Waals surface area contributed by atoms with E-state index in [2.05, 4.69) is 21.2 Å². The smallest absolute Gasteiger partial charge is 0.226 e. The topological polar surface area (TPSA) is 64.3 Å². The van der Waals surface area contributed by atoms with Crippen molar-refractivity contribution in [3.63, 3.8) is 0 Å². The summed E-state index contributed by atoms with van der Waals surface area (Å²) in [5.74, 6) is -0.106. The molecule has 1 aromatic carbocycles. The fourth-order valence-electron chi connectivity index (χ4n) is 1.27. The van der Waals surface area contributed by atoms with Crippen molar-refractivity contribution in [2.24, 2.45) is 0 Å². The van der Waals surface area contributed by atoms with Gasteiger partial charge >= 0.3 is 0 Å². The van der Waals surface area contributed by atoms with Crippen LogP contribution in [-0.2, 0) is 9.53 Å². The number of carbonyl (C=O) groups excluding carboxylic acids is 1. The highest BCUT2D eigenvalue weighted by Gasteiger charge is 2.07. The van der Waals surface area contributed by atoms with Gasteiger partial charge in [0.25, 0.3) is 0 Å². The zero-order chi connectivity index (χ0) is 12.1. The molecule has 17 heavy (non-hydrogen) atoms. The maximum atomic E-state index is 11.5. The quantitative estimate of drug-likeness (QED) is 0.837. The predicted molar refractivity (Wildman–Crippen MR) is 75.7 cm³/mol. The van der Waals surface area contributed by atoms with Crippen LogP contribution in [0.4, 0.5) is 11.4 Å². The Balaban J connectivity index is 0.00000256. The van der Waals surface area contributed by atoms with E-state index in [0.717, 1.165) is 10.0 Å². The van der Waals surface area contributed by atoms with E-state index < -0.39 is 0 Å². The van der Waals surface area contributed by atoms with Crippen molar-refractivity contribution in [1.29, 1.82) is 0 Å². The number of nitrogens with one attached hydrogen (secondary N) is 1. The fraction of sp³-hybridized carbons (Fsp3) is 0.364. The van der Waals surface area contributed by atoms with Crippen LogP contribution in [0.1, 0.15) is 12.0 Å². The minimum absolute atomic E-state index is 0. The summed E-state index contributed by atoms with van der Waals surface area (Å²) in [6.45, 7) is 2.30. The SMILES string of the molecule is COCCC(=O)Nc1cc(Br)cc(C)c1N.Cl. The highest BCUT2D eigenvalue weighted by molar-refractivity contribution is 9.10. The van der Waals surface area contributed by atoms with Gasteiger partial charge in [-0.2, -0.15) is 0 Å². The fourth-order valence-corrected chi connectivity index (χ4v) is 1.84. The van der Waals surface area contributed by atoms with Crippen LogP contribution in [0, 0.1) is 6.92 Å². The van der Waals surface area contributed by atoms with Gasteiger partial charge in [-0.25, -0.2) is 0 Å². The molecule has 0 aliphatic rings. The molecule has 0 atom stereocenters. The molecule has 1 rings (SSSR count). The van der Waals surface area contributed by atoms with Crippen molar-refractivity contribution < 1.29 is 9.53 Å². The second-order valence-electron chi connectivity index (χ2n) is 3.47. The van der Waals surface area contributed by atoms with Crippen LogP contribution in [0.25, 0.3) is 0 Å². The summed E-state index contributed by atoms with van der Waals surface area (Å²) in [7, 11) is 1.56. The van der Waals surface area contributed by atoms with Crippen molar-refractivity contribution in [2.75, 3.05) is 24.8 Å². The number of aryl methyl sites for hydroxylation is 1. The molecule has 1 amide bonds. The average molecular weight is 324 g/mol.